The van der Waals surface area contributed by atoms with Gasteiger partial charge in [0.05, 0.1) is 11.4 Å². The maximum atomic E-state index is 13.3. The number of sulfone groups is 1. The Morgan fingerprint density at radius 3 is 2.35 bits per heavy atom. The molecular weight excluding hydrogens is 430 g/mol. The summed E-state index contributed by atoms with van der Waals surface area (Å²) in [6.07, 6.45) is 0.201. The largest absolute Gasteiger partial charge is 0.444 e. The number of hydrogen-bond donors (Lipinski definition) is 1. The van der Waals surface area contributed by atoms with Crippen molar-refractivity contribution in [3.8, 4) is 11.1 Å². The molecule has 7 heteroatoms. The van der Waals surface area contributed by atoms with Gasteiger partial charge in [0.1, 0.15) is 9.81 Å². The van der Waals surface area contributed by atoms with Crippen LogP contribution in [0.4, 0.5) is 4.79 Å². The molecule has 31 heavy (non-hydrogen) atoms. The van der Waals surface area contributed by atoms with E-state index in [1.165, 1.54) is 0 Å². The smallest absolute Gasteiger partial charge is 0.407 e. The van der Waals surface area contributed by atoms with E-state index in [0.29, 0.717) is 0 Å². The van der Waals surface area contributed by atoms with Crippen molar-refractivity contribution in [1.29, 1.82) is 0 Å². The van der Waals surface area contributed by atoms with Crippen LogP contribution in [0, 0.1) is 0 Å². The van der Waals surface area contributed by atoms with Crippen molar-refractivity contribution in [3.63, 3.8) is 0 Å². The molecule has 2 aromatic carbocycles. The lowest BCUT2D eigenvalue weighted by atomic mass is 10.0. The molecule has 0 saturated heterocycles. The normalized spacial score (nSPS) is 11.9. The standard InChI is InChI=1S/C24H27NO4S2/c1-5-17-13-19(18-9-7-6-8-10-18)15-21(14-17)31(27,28)22-12-11-20(30-22)16-25-23(26)29-24(2,3)4/h6-15H,5,16H2,1-4H3,(H,25,26). The number of carbonyl (C=O) groups is 1. The predicted octanol–water partition coefficient (Wildman–Crippen LogP) is 5.84. The minimum Gasteiger partial charge on any atom is -0.444 e. The third-order valence-corrected chi connectivity index (χ3v) is 7.81. The number of benzene rings is 2. The molecule has 3 rings (SSSR count). The van der Waals surface area contributed by atoms with Crippen LogP contribution in [0.3, 0.4) is 0 Å². The average Bonchev–Trinajstić information content (AvgIpc) is 3.21. The van der Waals surface area contributed by atoms with Gasteiger partial charge in [0.25, 0.3) is 0 Å². The lowest BCUT2D eigenvalue weighted by Crippen LogP contribution is -2.31. The molecule has 0 radical (unpaired) electrons. The quantitative estimate of drug-likeness (QED) is 0.505. The molecule has 0 atom stereocenters. The van der Waals surface area contributed by atoms with Gasteiger partial charge in [-0.3, -0.25) is 0 Å². The first kappa shape index (κ1) is 23.0. The molecule has 1 N–H and O–H groups in total. The topological polar surface area (TPSA) is 72.5 Å². The second-order valence-corrected chi connectivity index (χ2v) is 11.5. The summed E-state index contributed by atoms with van der Waals surface area (Å²) >= 11 is 1.15. The van der Waals surface area contributed by atoms with Gasteiger partial charge in [-0.05, 0) is 68.1 Å². The fraction of sp³-hybridized carbons (Fsp3) is 0.292. The zero-order valence-electron chi connectivity index (χ0n) is 18.1. The Bertz CT molecular complexity index is 1160. The van der Waals surface area contributed by atoms with Crippen LogP contribution in [0.5, 0.6) is 0 Å². The van der Waals surface area contributed by atoms with E-state index in [1.807, 2.05) is 43.3 Å². The lowest BCUT2D eigenvalue weighted by Gasteiger charge is -2.19. The van der Waals surface area contributed by atoms with Crippen molar-refractivity contribution in [2.75, 3.05) is 0 Å². The molecule has 0 bridgehead atoms. The first-order valence-electron chi connectivity index (χ1n) is 10.1. The molecule has 0 fully saturated rings. The highest BCUT2D eigenvalue weighted by Crippen LogP contribution is 2.31. The number of ether oxygens (including phenoxy) is 1. The fourth-order valence-corrected chi connectivity index (χ4v) is 5.80. The zero-order chi connectivity index (χ0) is 22.6. The van der Waals surface area contributed by atoms with E-state index < -0.39 is 21.5 Å². The average molecular weight is 458 g/mol. The van der Waals surface area contributed by atoms with Crippen molar-refractivity contribution in [2.45, 2.75) is 55.4 Å². The first-order chi connectivity index (χ1) is 14.6. The van der Waals surface area contributed by atoms with Gasteiger partial charge < -0.3 is 10.1 Å². The molecule has 0 aliphatic heterocycles. The number of rotatable bonds is 6. The highest BCUT2D eigenvalue weighted by Gasteiger charge is 2.22. The monoisotopic (exact) mass is 457 g/mol. The first-order valence-corrected chi connectivity index (χ1v) is 12.4. The van der Waals surface area contributed by atoms with Crippen molar-refractivity contribution < 1.29 is 17.9 Å². The van der Waals surface area contributed by atoms with Crippen LogP contribution >= 0.6 is 11.3 Å². The third-order valence-electron chi connectivity index (χ3n) is 4.50. The second-order valence-electron chi connectivity index (χ2n) is 8.16. The van der Waals surface area contributed by atoms with Gasteiger partial charge in [-0.2, -0.15) is 0 Å². The van der Waals surface area contributed by atoms with Crippen molar-refractivity contribution >= 4 is 27.3 Å². The SMILES string of the molecule is CCc1cc(-c2ccccc2)cc(S(=O)(=O)c2ccc(CNC(=O)OC(C)(C)C)s2)c1. The Labute approximate surface area is 188 Å². The molecule has 3 aromatic rings. The third kappa shape index (κ3) is 5.95. The van der Waals surface area contributed by atoms with Crippen LogP contribution in [0.2, 0.25) is 0 Å². The van der Waals surface area contributed by atoms with E-state index in [1.54, 1.807) is 45.0 Å². The Morgan fingerprint density at radius 1 is 1.00 bits per heavy atom. The molecule has 5 nitrogen and oxygen atoms in total. The number of aryl methyl sites for hydroxylation is 1. The van der Waals surface area contributed by atoms with Gasteiger partial charge in [0.15, 0.2) is 0 Å². The van der Waals surface area contributed by atoms with Crippen LogP contribution in [0.15, 0.2) is 69.8 Å². The van der Waals surface area contributed by atoms with E-state index >= 15 is 0 Å². The van der Waals surface area contributed by atoms with Crippen LogP contribution in [-0.4, -0.2) is 20.1 Å². The van der Waals surface area contributed by atoms with Gasteiger partial charge in [0.2, 0.25) is 9.84 Å². The number of thiophene rings is 1. The molecule has 1 heterocycles. The predicted molar refractivity (Wildman–Crippen MR) is 124 cm³/mol. The van der Waals surface area contributed by atoms with Crippen molar-refractivity contribution in [3.05, 3.63) is 71.1 Å². The van der Waals surface area contributed by atoms with Gasteiger partial charge in [-0.25, -0.2) is 13.2 Å². The minimum atomic E-state index is -3.67. The maximum Gasteiger partial charge on any atom is 0.407 e. The van der Waals surface area contributed by atoms with Crippen LogP contribution in [-0.2, 0) is 27.5 Å². The number of carbonyl (C=O) groups excluding carboxylic acids is 1. The maximum absolute atomic E-state index is 13.3. The van der Waals surface area contributed by atoms with E-state index in [0.717, 1.165) is 39.3 Å². The Kier molecular flexibility index (Phi) is 6.86. The van der Waals surface area contributed by atoms with E-state index in [2.05, 4.69) is 5.32 Å². The summed E-state index contributed by atoms with van der Waals surface area (Å²) < 4.78 is 32.1. The number of amides is 1. The zero-order valence-corrected chi connectivity index (χ0v) is 19.8. The van der Waals surface area contributed by atoms with Crippen LogP contribution < -0.4 is 5.32 Å². The lowest BCUT2D eigenvalue weighted by molar-refractivity contribution is 0.0524. The van der Waals surface area contributed by atoms with Gasteiger partial charge in [0, 0.05) is 4.88 Å². The van der Waals surface area contributed by atoms with Gasteiger partial charge in [-0.15, -0.1) is 11.3 Å². The van der Waals surface area contributed by atoms with Crippen LogP contribution in [0.25, 0.3) is 11.1 Å². The van der Waals surface area contributed by atoms with Crippen LogP contribution in [0.1, 0.15) is 38.1 Å². The molecule has 0 aliphatic carbocycles. The molecule has 1 amide bonds. The van der Waals surface area contributed by atoms with Gasteiger partial charge in [-0.1, -0.05) is 43.3 Å². The number of nitrogens with one attached hydrogen (secondary N) is 1. The Morgan fingerprint density at radius 2 is 1.71 bits per heavy atom. The summed E-state index contributed by atoms with van der Waals surface area (Å²) in [7, 11) is -3.67. The molecule has 164 valence electrons. The summed E-state index contributed by atoms with van der Waals surface area (Å²) in [5, 5.41) is 2.66. The minimum absolute atomic E-state index is 0.208. The second kappa shape index (κ2) is 9.24. The molecule has 0 spiro atoms. The van der Waals surface area contributed by atoms with E-state index in [9.17, 15) is 13.2 Å². The number of hydrogen-bond acceptors (Lipinski definition) is 5. The molecule has 1 aromatic heterocycles. The Hall–Kier alpha value is -2.64. The van der Waals surface area contributed by atoms with E-state index in [-0.39, 0.29) is 15.6 Å². The van der Waals surface area contributed by atoms with Crippen molar-refractivity contribution in [2.24, 2.45) is 0 Å². The van der Waals surface area contributed by atoms with Crippen molar-refractivity contribution in [1.82, 2.24) is 5.32 Å². The summed E-state index contributed by atoms with van der Waals surface area (Å²) in [5.41, 5.74) is 2.22. The summed E-state index contributed by atoms with van der Waals surface area (Å²) in [5.74, 6) is 0. The van der Waals surface area contributed by atoms with Gasteiger partial charge >= 0.3 is 6.09 Å². The summed E-state index contributed by atoms with van der Waals surface area (Å²) in [4.78, 5) is 12.9. The highest BCUT2D eigenvalue weighted by molar-refractivity contribution is 7.93. The Balaban J connectivity index is 1.85. The number of alkyl carbamates (subject to hydrolysis) is 1. The summed E-state index contributed by atoms with van der Waals surface area (Å²) in [6, 6.07) is 18.5. The summed E-state index contributed by atoms with van der Waals surface area (Å²) in [6.45, 7) is 7.58. The molecular formula is C24H27NO4S2. The fourth-order valence-electron chi connectivity index (χ4n) is 3.00. The molecule has 0 aliphatic rings. The highest BCUT2D eigenvalue weighted by atomic mass is 32.2. The van der Waals surface area contributed by atoms with E-state index in [4.69, 9.17) is 4.74 Å². The molecule has 0 unspecified atom stereocenters. The molecule has 0 saturated carbocycles.